The first-order valence-corrected chi connectivity index (χ1v) is 48.9. The van der Waals surface area contributed by atoms with Crippen molar-refractivity contribution < 1.29 is 4.21 Å². The Kier molecular flexibility index (Phi) is 9.36. The maximum atomic E-state index is 9.10. The SMILES string of the molecule is CCC1=Cc2c(-c3ccc([N+](C)(C)C)cc3)cccc2[CH]1[Zr]([Cl])([Cl])([I])([I])([CH]1C(CC)=Cc2c(-c3ccc([N+](C)(C)C)cc3)cccc21)[SiH](C)C. The molecule has 2 nitrogen and oxygen atoms in total. The van der Waals surface area contributed by atoms with E-state index >= 15 is 0 Å². The topological polar surface area (TPSA) is 0 Å². The van der Waals surface area contributed by atoms with E-state index in [-0.39, 0.29) is 7.25 Å². The molecule has 2 aliphatic rings. The van der Waals surface area contributed by atoms with E-state index in [0.717, 1.165) is 21.8 Å². The number of hydrogen-bond acceptors (Lipinski definition) is 0. The molecule has 50 heavy (non-hydrogen) atoms. The van der Waals surface area contributed by atoms with Gasteiger partial charge in [-0.3, -0.25) is 0 Å². The molecule has 0 spiro atoms. The van der Waals surface area contributed by atoms with Crippen molar-refractivity contribution in [2.75, 3.05) is 42.3 Å². The number of fused-ring (bicyclic) bond motifs is 2. The minimum absolute atomic E-state index is 0.0493. The normalized spacial score (nSPS) is 19.9. The summed E-state index contributed by atoms with van der Waals surface area (Å²) in [5, 5.41) is 0. The van der Waals surface area contributed by atoms with Crippen molar-refractivity contribution in [1.82, 2.24) is 8.97 Å². The van der Waals surface area contributed by atoms with Crippen LogP contribution in [0.1, 0.15) is 56.2 Å². The van der Waals surface area contributed by atoms with Crippen LogP contribution in [-0.2, 0) is 4.21 Å². The second kappa shape index (κ2) is 12.0. The fourth-order valence-corrected chi connectivity index (χ4v) is 60.6. The van der Waals surface area contributed by atoms with Crippen LogP contribution in [0.25, 0.3) is 34.4 Å². The van der Waals surface area contributed by atoms with Gasteiger partial charge in [0.15, 0.2) is 0 Å². The Labute approximate surface area is 321 Å². The molecular weight excluding hydrogens is 976 g/mol. The molecule has 0 saturated heterocycles. The Bertz CT molecular complexity index is 1960. The van der Waals surface area contributed by atoms with Gasteiger partial charge < -0.3 is 0 Å². The predicted octanol–water partition coefficient (Wildman–Crippen LogP) is 13.6. The molecule has 4 aromatic carbocycles. The average molecular weight is 1030 g/mol. The summed E-state index contributed by atoms with van der Waals surface area (Å²) >= 11 is 5.61. The van der Waals surface area contributed by atoms with Crippen LogP contribution in [0.3, 0.4) is 0 Å². The molecule has 0 aromatic heterocycles. The van der Waals surface area contributed by atoms with Crippen LogP contribution in [0, 0.1) is 0 Å². The second-order valence-corrected chi connectivity index (χ2v) is 155. The third kappa shape index (κ3) is 5.92. The van der Waals surface area contributed by atoms with Gasteiger partial charge in [0.2, 0.25) is 0 Å². The van der Waals surface area contributed by atoms with Gasteiger partial charge in [0, 0.05) is 0 Å². The Hall–Kier alpha value is -0.580. The van der Waals surface area contributed by atoms with E-state index < -0.39 is 10.1 Å². The summed E-state index contributed by atoms with van der Waals surface area (Å²) in [5.41, 5.74) is 15.5. The first kappa shape index (κ1) is 39.1. The van der Waals surface area contributed by atoms with Crippen LogP contribution < -0.4 is 8.97 Å². The third-order valence-electron chi connectivity index (χ3n) is 12.1. The molecule has 8 heteroatoms. The van der Waals surface area contributed by atoms with Gasteiger partial charge in [-0.05, 0) is 0 Å². The maximum absolute atomic E-state index is 9.10. The van der Waals surface area contributed by atoms with Crippen LogP contribution in [0.5, 0.6) is 0 Å². The number of hydrogen-bond donors (Lipinski definition) is 0. The van der Waals surface area contributed by atoms with E-state index in [2.05, 4.69) is 202 Å². The Morgan fingerprint density at radius 2 is 0.920 bits per heavy atom. The molecule has 0 bridgehead atoms. The fraction of sp³-hybridized carbons (Fsp3) is 0.333. The Balaban J connectivity index is 1.59. The third-order valence-corrected chi connectivity index (χ3v) is 132. The second-order valence-electron chi connectivity index (χ2n) is 17.1. The summed E-state index contributed by atoms with van der Waals surface area (Å²) in [7, 11) is 31.5. The van der Waals surface area contributed by atoms with E-state index in [4.69, 9.17) is 17.0 Å². The fourth-order valence-electron chi connectivity index (χ4n) is 8.87. The van der Waals surface area contributed by atoms with Crippen LogP contribution in [0.15, 0.2) is 96.1 Å². The number of rotatable bonds is 9. The molecule has 2 aliphatic carbocycles. The number of benzene rings is 4. The summed E-state index contributed by atoms with van der Waals surface area (Å²) in [6.45, 7) is 9.47. The molecule has 0 heterocycles. The van der Waals surface area contributed by atoms with E-state index in [0.29, 0.717) is 0 Å². The summed E-state index contributed by atoms with van der Waals surface area (Å²) in [5.74, 6) is -1.90. The van der Waals surface area contributed by atoms with Crippen LogP contribution in [-0.4, -0.2) is 48.2 Å². The van der Waals surface area contributed by atoms with Crippen molar-refractivity contribution in [2.45, 2.75) is 47.0 Å². The van der Waals surface area contributed by atoms with E-state index in [1.165, 1.54) is 67.0 Å². The monoisotopic (exact) mass is 1030 g/mol. The van der Waals surface area contributed by atoms with Gasteiger partial charge in [-0.15, -0.1) is 0 Å². The molecule has 0 N–H and O–H groups in total. The minimum atomic E-state index is -6.12. The van der Waals surface area contributed by atoms with Crippen molar-refractivity contribution in [3.8, 4) is 22.3 Å². The number of halogens is 4. The van der Waals surface area contributed by atoms with Gasteiger partial charge in [-0.1, -0.05) is 0 Å². The molecule has 2 atom stereocenters. The quantitative estimate of drug-likeness (QED) is 0.0890. The van der Waals surface area contributed by atoms with Crippen LogP contribution >= 0.6 is 53.1 Å². The molecule has 0 amide bonds. The molecule has 0 fully saturated rings. The first-order valence-electron chi connectivity index (χ1n) is 18.0. The number of nitrogens with zero attached hydrogens (tertiary/aromatic N) is 2. The van der Waals surface area contributed by atoms with Crippen LogP contribution in [0.2, 0.25) is 13.1 Å². The predicted molar refractivity (Wildman–Crippen MR) is 244 cm³/mol. The first-order chi connectivity index (χ1) is 23.0. The van der Waals surface area contributed by atoms with Crippen molar-refractivity contribution in [1.29, 1.82) is 0 Å². The standard InChI is InChI=1S/2C20H23N.C2H7Si.2ClH.2HI.Zr/c2*1-5-15-13-17-7-6-8-19(20(17)14-15)16-9-11-18(12-10-16)21(2,3)4;1-3-2;;;;;/h2*6-14H,5H2,1-4H3;3H,1-2H3;4*1H;/q2*+1;;;;;;+4/p-4. The molecule has 4 aromatic rings. The molecule has 2 unspecified atom stereocenters. The molecule has 6 rings (SSSR count). The summed E-state index contributed by atoms with van der Waals surface area (Å²) in [4.78, 5) is 0. The molecule has 0 radical (unpaired) electrons. The van der Waals surface area contributed by atoms with Crippen molar-refractivity contribution in [2.24, 2.45) is 0 Å². The number of allylic oxidation sites excluding steroid dienone is 2. The van der Waals surface area contributed by atoms with Gasteiger partial charge in [0.05, 0.1) is 0 Å². The van der Waals surface area contributed by atoms with Gasteiger partial charge in [0.25, 0.3) is 0 Å². The van der Waals surface area contributed by atoms with Crippen molar-refractivity contribution in [3.63, 3.8) is 0 Å². The molecule has 0 aliphatic heterocycles. The van der Waals surface area contributed by atoms with E-state index in [1.807, 2.05) is 0 Å². The van der Waals surface area contributed by atoms with Crippen molar-refractivity contribution in [3.05, 3.63) is 118 Å². The molecular formula is C42H53Cl2I2N2SiZr+2. The van der Waals surface area contributed by atoms with Gasteiger partial charge in [-0.25, -0.2) is 0 Å². The van der Waals surface area contributed by atoms with Crippen LogP contribution in [0.4, 0.5) is 11.4 Å². The molecule has 0 saturated carbocycles. The summed E-state index contributed by atoms with van der Waals surface area (Å²) in [6, 6.07) is 31.9. The van der Waals surface area contributed by atoms with E-state index in [9.17, 15) is 0 Å². The van der Waals surface area contributed by atoms with Crippen molar-refractivity contribution >= 4 is 82.6 Å². The Morgan fingerprint density at radius 1 is 0.580 bits per heavy atom. The zero-order chi connectivity index (χ0) is 36.8. The van der Waals surface area contributed by atoms with Gasteiger partial charge in [-0.2, -0.15) is 0 Å². The Morgan fingerprint density at radius 3 is 1.20 bits per heavy atom. The molecule has 265 valence electrons. The zero-order valence-electron chi connectivity index (χ0n) is 31.3. The van der Waals surface area contributed by atoms with Gasteiger partial charge >= 0.3 is 326 Å². The van der Waals surface area contributed by atoms with Gasteiger partial charge in [0.1, 0.15) is 0 Å². The zero-order valence-corrected chi connectivity index (χ0v) is 40.7. The average Bonchev–Trinajstić information content (AvgIpc) is 3.65. The van der Waals surface area contributed by atoms with E-state index in [1.54, 1.807) is 0 Å². The summed E-state index contributed by atoms with van der Waals surface area (Å²) < 4.78 is -4.64. The number of quaternary nitrogens is 2. The summed E-state index contributed by atoms with van der Waals surface area (Å²) in [6.07, 6.45) is 6.74.